The summed E-state index contributed by atoms with van der Waals surface area (Å²) in [6.45, 7) is 5.98. The van der Waals surface area contributed by atoms with Crippen molar-refractivity contribution in [2.24, 2.45) is 0 Å². The number of nitrogens with one attached hydrogen (secondary N) is 2. The Morgan fingerprint density at radius 1 is 1.09 bits per heavy atom. The minimum atomic E-state index is -0.622. The summed E-state index contributed by atoms with van der Waals surface area (Å²) in [7, 11) is 1.78. The smallest absolute Gasteiger partial charge is 0.413 e. The number of amides is 1. The maximum absolute atomic E-state index is 12.2. The number of ether oxygens (including phenoxy) is 2. The molecule has 3 rings (SSSR count). The zero-order valence-corrected chi connectivity index (χ0v) is 19.8. The number of carbonyl (C=O) groups excluding carboxylic acids is 1. The average Bonchev–Trinajstić information content (AvgIpc) is 2.79. The third-order valence-corrected chi connectivity index (χ3v) is 4.56. The second-order valence-corrected chi connectivity index (χ2v) is 8.41. The highest BCUT2D eigenvalue weighted by Gasteiger charge is 2.17. The zero-order chi connectivity index (χ0) is 24.6. The Morgan fingerprint density at radius 2 is 1.88 bits per heavy atom. The second kappa shape index (κ2) is 11.3. The fourth-order valence-corrected chi connectivity index (χ4v) is 3.04. The highest BCUT2D eigenvalue weighted by molar-refractivity contribution is 5.97. The summed E-state index contributed by atoms with van der Waals surface area (Å²) in [4.78, 5) is 25.1. The number of aliphatic hydroxyl groups excluding tert-OH is 1. The van der Waals surface area contributed by atoms with Crippen LogP contribution in [-0.2, 0) is 4.74 Å². The average molecular weight is 464 g/mol. The molecule has 0 unspecified atom stereocenters. The van der Waals surface area contributed by atoms with Crippen LogP contribution < -0.4 is 15.4 Å². The van der Waals surface area contributed by atoms with E-state index in [0.717, 1.165) is 17.2 Å². The molecular weight excluding hydrogens is 434 g/mol. The maximum atomic E-state index is 12.2. The van der Waals surface area contributed by atoms with E-state index >= 15 is 0 Å². The lowest BCUT2D eigenvalue weighted by atomic mass is 10.1. The van der Waals surface area contributed by atoms with Gasteiger partial charge in [0.05, 0.1) is 23.9 Å². The molecule has 9 heteroatoms. The van der Waals surface area contributed by atoms with Crippen LogP contribution in [-0.4, -0.2) is 52.0 Å². The number of fused-ring (bicyclic) bond motifs is 1. The van der Waals surface area contributed by atoms with Gasteiger partial charge in [-0.2, -0.15) is 0 Å². The largest absolute Gasteiger partial charge is 0.491 e. The molecule has 0 aliphatic carbocycles. The Balaban J connectivity index is 1.93. The van der Waals surface area contributed by atoms with Crippen molar-refractivity contribution in [3.8, 4) is 17.6 Å². The van der Waals surface area contributed by atoms with Gasteiger partial charge in [0.25, 0.3) is 0 Å². The van der Waals surface area contributed by atoms with E-state index in [-0.39, 0.29) is 6.61 Å². The SMILES string of the molecule is CNc1ncc(C#Cc2ccncc2OCCCCO)c2cc(NC(=O)OC(C)(C)C)ncc12. The lowest BCUT2D eigenvalue weighted by Crippen LogP contribution is -2.27. The molecular formula is C25H29N5O4. The van der Waals surface area contributed by atoms with Crippen molar-refractivity contribution in [1.29, 1.82) is 0 Å². The van der Waals surface area contributed by atoms with Crippen molar-refractivity contribution in [1.82, 2.24) is 15.0 Å². The Bertz CT molecular complexity index is 1210. The van der Waals surface area contributed by atoms with Crippen LogP contribution in [0.15, 0.2) is 36.9 Å². The van der Waals surface area contributed by atoms with Crippen LogP contribution in [0.2, 0.25) is 0 Å². The first-order chi connectivity index (χ1) is 16.3. The van der Waals surface area contributed by atoms with Crippen molar-refractivity contribution >= 4 is 28.5 Å². The molecule has 0 bridgehead atoms. The van der Waals surface area contributed by atoms with E-state index in [1.807, 2.05) is 0 Å². The van der Waals surface area contributed by atoms with Gasteiger partial charge in [-0.15, -0.1) is 0 Å². The maximum Gasteiger partial charge on any atom is 0.413 e. The summed E-state index contributed by atoms with van der Waals surface area (Å²) in [6, 6.07) is 3.52. The van der Waals surface area contributed by atoms with Crippen LogP contribution in [0.1, 0.15) is 44.7 Å². The third kappa shape index (κ3) is 6.80. The number of pyridine rings is 3. The van der Waals surface area contributed by atoms with Crippen molar-refractivity contribution in [3.05, 3.63) is 48.0 Å². The van der Waals surface area contributed by atoms with Gasteiger partial charge in [0.1, 0.15) is 17.2 Å². The molecule has 0 radical (unpaired) electrons. The lowest BCUT2D eigenvalue weighted by molar-refractivity contribution is 0.0635. The Morgan fingerprint density at radius 3 is 2.62 bits per heavy atom. The first-order valence-electron chi connectivity index (χ1n) is 11.0. The highest BCUT2D eigenvalue weighted by atomic mass is 16.6. The van der Waals surface area contributed by atoms with Gasteiger partial charge in [0, 0.05) is 43.0 Å². The monoisotopic (exact) mass is 463 g/mol. The van der Waals surface area contributed by atoms with E-state index in [1.165, 1.54) is 0 Å². The van der Waals surface area contributed by atoms with Crippen LogP contribution in [0, 0.1) is 11.8 Å². The Hall–Kier alpha value is -3.90. The number of hydrogen-bond acceptors (Lipinski definition) is 8. The van der Waals surface area contributed by atoms with Gasteiger partial charge in [0.15, 0.2) is 5.75 Å². The van der Waals surface area contributed by atoms with E-state index in [1.54, 1.807) is 64.7 Å². The molecule has 0 aromatic carbocycles. The molecule has 3 aromatic rings. The van der Waals surface area contributed by atoms with Crippen LogP contribution in [0.3, 0.4) is 0 Å². The normalized spacial score (nSPS) is 10.9. The Kier molecular flexibility index (Phi) is 8.22. The summed E-state index contributed by atoms with van der Waals surface area (Å²) in [5.41, 5.74) is 0.723. The standard InChI is InChI=1S/C25H29N5O4/c1-25(2,3)34-24(32)30-22-13-19-18(14-29-23(26-4)20(19)15-28-22)8-7-17-9-10-27-16-21(17)33-12-6-5-11-31/h9-10,13-16,31H,5-6,11-12H2,1-4H3,(H,26,29)(H,28,30,32). The van der Waals surface area contributed by atoms with Crippen molar-refractivity contribution in [2.45, 2.75) is 39.2 Å². The van der Waals surface area contributed by atoms with Gasteiger partial charge in [-0.05, 0) is 45.7 Å². The molecule has 0 fully saturated rings. The Labute approximate surface area is 198 Å². The summed E-state index contributed by atoms with van der Waals surface area (Å²) in [6.07, 6.45) is 7.39. The summed E-state index contributed by atoms with van der Waals surface area (Å²) in [5, 5.41) is 16.2. The molecule has 1 amide bonds. The number of aromatic nitrogens is 3. The van der Waals surface area contributed by atoms with E-state index in [0.29, 0.717) is 41.5 Å². The van der Waals surface area contributed by atoms with Gasteiger partial charge in [-0.1, -0.05) is 11.8 Å². The molecule has 0 aliphatic rings. The number of unbranched alkanes of at least 4 members (excludes halogenated alkanes) is 1. The number of hydrogen-bond donors (Lipinski definition) is 3. The molecule has 0 saturated heterocycles. The lowest BCUT2D eigenvalue weighted by Gasteiger charge is -2.19. The van der Waals surface area contributed by atoms with Gasteiger partial charge >= 0.3 is 6.09 Å². The molecule has 0 spiro atoms. The molecule has 0 aliphatic heterocycles. The van der Waals surface area contributed by atoms with Gasteiger partial charge < -0.3 is 19.9 Å². The van der Waals surface area contributed by atoms with Gasteiger partial charge in [-0.25, -0.2) is 14.8 Å². The quantitative estimate of drug-likeness (QED) is 0.356. The summed E-state index contributed by atoms with van der Waals surface area (Å²) >= 11 is 0. The minimum Gasteiger partial charge on any atom is -0.491 e. The predicted octanol–water partition coefficient (Wildman–Crippen LogP) is 3.96. The number of rotatable bonds is 7. The van der Waals surface area contributed by atoms with Gasteiger partial charge in [0.2, 0.25) is 0 Å². The van der Waals surface area contributed by atoms with Crippen LogP contribution >= 0.6 is 0 Å². The van der Waals surface area contributed by atoms with Crippen LogP contribution in [0.4, 0.5) is 16.4 Å². The first kappa shape index (κ1) is 24.7. The predicted molar refractivity (Wildman–Crippen MR) is 131 cm³/mol. The fraction of sp³-hybridized carbons (Fsp3) is 0.360. The molecule has 3 heterocycles. The topological polar surface area (TPSA) is 118 Å². The van der Waals surface area contributed by atoms with Crippen molar-refractivity contribution < 1.29 is 19.4 Å². The summed E-state index contributed by atoms with van der Waals surface area (Å²) < 4.78 is 11.1. The van der Waals surface area contributed by atoms with Crippen molar-refractivity contribution in [2.75, 3.05) is 30.9 Å². The summed E-state index contributed by atoms with van der Waals surface area (Å²) in [5.74, 6) is 7.85. The van der Waals surface area contributed by atoms with Crippen LogP contribution in [0.25, 0.3) is 10.8 Å². The van der Waals surface area contributed by atoms with E-state index in [2.05, 4.69) is 37.4 Å². The third-order valence-electron chi connectivity index (χ3n) is 4.56. The zero-order valence-electron chi connectivity index (χ0n) is 19.8. The molecule has 0 atom stereocenters. The van der Waals surface area contributed by atoms with E-state index in [9.17, 15) is 4.79 Å². The second-order valence-electron chi connectivity index (χ2n) is 8.41. The molecule has 34 heavy (non-hydrogen) atoms. The fourth-order valence-electron chi connectivity index (χ4n) is 3.04. The molecule has 0 saturated carbocycles. The number of anilines is 2. The number of nitrogens with zero attached hydrogens (tertiary/aromatic N) is 3. The molecule has 178 valence electrons. The molecule has 3 aromatic heterocycles. The molecule has 3 N–H and O–H groups in total. The number of carbonyl (C=O) groups is 1. The van der Waals surface area contributed by atoms with E-state index in [4.69, 9.17) is 14.6 Å². The minimum absolute atomic E-state index is 0.130. The van der Waals surface area contributed by atoms with Crippen LogP contribution in [0.5, 0.6) is 5.75 Å². The van der Waals surface area contributed by atoms with Crippen molar-refractivity contribution in [3.63, 3.8) is 0 Å². The number of aliphatic hydroxyl groups is 1. The molecule has 9 nitrogen and oxygen atoms in total. The first-order valence-corrected chi connectivity index (χ1v) is 11.0. The highest BCUT2D eigenvalue weighted by Crippen LogP contribution is 2.26. The van der Waals surface area contributed by atoms with E-state index < -0.39 is 11.7 Å². The van der Waals surface area contributed by atoms with Gasteiger partial charge in [-0.3, -0.25) is 10.3 Å².